The van der Waals surface area contributed by atoms with Crippen molar-refractivity contribution in [2.45, 2.75) is 19.3 Å². The van der Waals surface area contributed by atoms with Crippen LogP contribution in [0.3, 0.4) is 0 Å². The van der Waals surface area contributed by atoms with E-state index in [1.165, 1.54) is 0 Å². The molecule has 158 valence electrons. The number of nitrogens with zero attached hydrogens (tertiary/aromatic N) is 2. The van der Waals surface area contributed by atoms with Gasteiger partial charge in [-0.05, 0) is 42.7 Å². The lowest BCUT2D eigenvalue weighted by Crippen LogP contribution is -2.41. The molecule has 1 fully saturated rings. The number of halogens is 1. The Kier molecular flexibility index (Phi) is 6.08. The standard InChI is InChI=1S/C21H23BrN4O4/c22-16-10-18-17(29-6-7-30-18)8-14(16)9-20(27)25-15-3-4-19(24-11-15)26-5-1-2-13(12-26)21(23)28/h3-4,8,10-11,13H,1-2,5-7,9,12H2,(H2,23,28)(H,25,27). The Balaban J connectivity index is 1.38. The van der Waals surface area contributed by atoms with Gasteiger partial charge in [0.1, 0.15) is 19.0 Å². The number of carbonyl (C=O) groups excluding carboxylic acids is 2. The maximum Gasteiger partial charge on any atom is 0.228 e. The number of piperidine rings is 1. The molecular formula is C21H23BrN4O4. The maximum atomic E-state index is 12.5. The minimum absolute atomic E-state index is 0.149. The molecule has 3 N–H and O–H groups in total. The number of carbonyl (C=O) groups is 2. The van der Waals surface area contributed by atoms with E-state index in [1.54, 1.807) is 6.20 Å². The zero-order valence-corrected chi connectivity index (χ0v) is 18.0. The molecule has 2 aliphatic heterocycles. The molecule has 1 unspecified atom stereocenters. The van der Waals surface area contributed by atoms with Crippen LogP contribution in [0, 0.1) is 5.92 Å². The number of nitrogens with two attached hydrogens (primary N) is 1. The molecule has 0 aliphatic carbocycles. The fourth-order valence-electron chi connectivity index (χ4n) is 3.68. The van der Waals surface area contributed by atoms with E-state index in [9.17, 15) is 9.59 Å². The van der Waals surface area contributed by atoms with Crippen LogP contribution in [0.1, 0.15) is 18.4 Å². The first-order chi connectivity index (χ1) is 14.5. The Hall–Kier alpha value is -2.81. The lowest BCUT2D eigenvalue weighted by Gasteiger charge is -2.32. The highest BCUT2D eigenvalue weighted by Gasteiger charge is 2.24. The van der Waals surface area contributed by atoms with E-state index in [1.807, 2.05) is 24.3 Å². The summed E-state index contributed by atoms with van der Waals surface area (Å²) in [6.45, 7) is 2.42. The number of hydrogen-bond donors (Lipinski definition) is 2. The Labute approximate surface area is 182 Å². The number of nitrogens with one attached hydrogen (secondary N) is 1. The van der Waals surface area contributed by atoms with Gasteiger partial charge in [-0.2, -0.15) is 0 Å². The lowest BCUT2D eigenvalue weighted by molar-refractivity contribution is -0.122. The molecule has 2 aromatic rings. The Morgan fingerprint density at radius 2 is 2.00 bits per heavy atom. The number of fused-ring (bicyclic) bond motifs is 1. The predicted molar refractivity (Wildman–Crippen MR) is 116 cm³/mol. The van der Waals surface area contributed by atoms with Crippen LogP contribution in [0.25, 0.3) is 0 Å². The summed E-state index contributed by atoms with van der Waals surface area (Å²) >= 11 is 3.49. The molecule has 2 aliphatic rings. The van der Waals surface area contributed by atoms with Gasteiger partial charge >= 0.3 is 0 Å². The van der Waals surface area contributed by atoms with E-state index in [0.717, 1.165) is 35.2 Å². The number of aromatic nitrogens is 1. The van der Waals surface area contributed by atoms with Crippen molar-refractivity contribution in [3.05, 3.63) is 40.5 Å². The van der Waals surface area contributed by atoms with Crippen LogP contribution in [0.15, 0.2) is 34.9 Å². The molecule has 9 heteroatoms. The van der Waals surface area contributed by atoms with E-state index < -0.39 is 0 Å². The molecule has 1 aromatic heterocycles. The Bertz CT molecular complexity index is 951. The van der Waals surface area contributed by atoms with Gasteiger partial charge in [-0.1, -0.05) is 15.9 Å². The van der Waals surface area contributed by atoms with Crippen molar-refractivity contribution >= 4 is 39.2 Å². The molecule has 1 atom stereocenters. The zero-order chi connectivity index (χ0) is 21.1. The van der Waals surface area contributed by atoms with Crippen molar-refractivity contribution in [3.8, 4) is 11.5 Å². The highest BCUT2D eigenvalue weighted by molar-refractivity contribution is 9.10. The maximum absolute atomic E-state index is 12.5. The first kappa shape index (κ1) is 20.5. The van der Waals surface area contributed by atoms with E-state index in [2.05, 4.69) is 31.1 Å². The van der Waals surface area contributed by atoms with Gasteiger partial charge in [-0.15, -0.1) is 0 Å². The highest BCUT2D eigenvalue weighted by Crippen LogP contribution is 2.35. The van der Waals surface area contributed by atoms with Crippen LogP contribution < -0.4 is 25.4 Å². The van der Waals surface area contributed by atoms with Gasteiger partial charge in [-0.25, -0.2) is 4.98 Å². The van der Waals surface area contributed by atoms with Gasteiger partial charge < -0.3 is 25.4 Å². The monoisotopic (exact) mass is 474 g/mol. The van der Waals surface area contributed by atoms with E-state index in [-0.39, 0.29) is 24.2 Å². The molecule has 8 nitrogen and oxygen atoms in total. The number of benzene rings is 1. The summed E-state index contributed by atoms with van der Waals surface area (Å²) in [5, 5.41) is 2.87. The van der Waals surface area contributed by atoms with Crippen LogP contribution in [0.5, 0.6) is 11.5 Å². The van der Waals surface area contributed by atoms with Crippen molar-refractivity contribution in [1.29, 1.82) is 0 Å². The summed E-state index contributed by atoms with van der Waals surface area (Å²) in [7, 11) is 0. The number of ether oxygens (including phenoxy) is 2. The summed E-state index contributed by atoms with van der Waals surface area (Å²) in [6.07, 6.45) is 3.53. The SMILES string of the molecule is NC(=O)C1CCCN(c2ccc(NC(=O)Cc3cc4c(cc3Br)OCCO4)cn2)C1. The number of rotatable bonds is 5. The summed E-state index contributed by atoms with van der Waals surface area (Å²) in [4.78, 5) is 30.5. The van der Waals surface area contributed by atoms with E-state index in [0.29, 0.717) is 36.9 Å². The van der Waals surface area contributed by atoms with Gasteiger partial charge in [0.25, 0.3) is 0 Å². The third-order valence-electron chi connectivity index (χ3n) is 5.24. The predicted octanol–water partition coefficient (Wildman–Crippen LogP) is 2.50. The number of pyridine rings is 1. The second kappa shape index (κ2) is 8.91. The van der Waals surface area contributed by atoms with E-state index in [4.69, 9.17) is 15.2 Å². The van der Waals surface area contributed by atoms with Crippen molar-refractivity contribution in [3.63, 3.8) is 0 Å². The van der Waals surface area contributed by atoms with Gasteiger partial charge in [0.2, 0.25) is 11.8 Å². The number of hydrogen-bond acceptors (Lipinski definition) is 6. The van der Waals surface area contributed by atoms with Crippen LogP contribution in [0.2, 0.25) is 0 Å². The van der Waals surface area contributed by atoms with Crippen molar-refractivity contribution in [2.24, 2.45) is 11.7 Å². The minimum atomic E-state index is -0.270. The van der Waals surface area contributed by atoms with Crippen molar-refractivity contribution < 1.29 is 19.1 Å². The molecule has 3 heterocycles. The molecular weight excluding hydrogens is 452 g/mol. The van der Waals surface area contributed by atoms with Crippen molar-refractivity contribution in [1.82, 2.24) is 4.98 Å². The third-order valence-corrected chi connectivity index (χ3v) is 5.98. The summed E-state index contributed by atoms with van der Waals surface area (Å²) in [5.74, 6) is 1.52. The Morgan fingerprint density at radius 1 is 1.23 bits per heavy atom. The fourth-order valence-corrected chi connectivity index (χ4v) is 4.15. The smallest absolute Gasteiger partial charge is 0.228 e. The summed E-state index contributed by atoms with van der Waals surface area (Å²) < 4.78 is 11.9. The van der Waals surface area contributed by atoms with Crippen LogP contribution in [-0.2, 0) is 16.0 Å². The lowest BCUT2D eigenvalue weighted by atomic mass is 9.97. The molecule has 1 saturated heterocycles. The zero-order valence-electron chi connectivity index (χ0n) is 16.4. The second-order valence-electron chi connectivity index (χ2n) is 7.40. The second-order valence-corrected chi connectivity index (χ2v) is 8.26. The van der Waals surface area contributed by atoms with Crippen LogP contribution in [-0.4, -0.2) is 43.1 Å². The molecule has 1 aromatic carbocycles. The first-order valence-corrected chi connectivity index (χ1v) is 10.7. The topological polar surface area (TPSA) is 107 Å². The quantitative estimate of drug-likeness (QED) is 0.689. The minimum Gasteiger partial charge on any atom is -0.486 e. The average Bonchev–Trinajstić information content (AvgIpc) is 2.75. The number of primary amides is 1. The highest BCUT2D eigenvalue weighted by atomic mass is 79.9. The molecule has 2 amide bonds. The van der Waals surface area contributed by atoms with Gasteiger partial charge in [0, 0.05) is 17.6 Å². The van der Waals surface area contributed by atoms with Crippen LogP contribution >= 0.6 is 15.9 Å². The van der Waals surface area contributed by atoms with Gasteiger partial charge in [0.15, 0.2) is 11.5 Å². The largest absolute Gasteiger partial charge is 0.486 e. The molecule has 0 bridgehead atoms. The third kappa shape index (κ3) is 4.67. The van der Waals surface area contributed by atoms with E-state index >= 15 is 0 Å². The van der Waals surface area contributed by atoms with Crippen LogP contribution in [0.4, 0.5) is 11.5 Å². The summed E-state index contributed by atoms with van der Waals surface area (Å²) in [5.41, 5.74) is 6.87. The first-order valence-electron chi connectivity index (χ1n) is 9.88. The Morgan fingerprint density at radius 3 is 2.70 bits per heavy atom. The normalized spacial score (nSPS) is 18.0. The van der Waals surface area contributed by atoms with Crippen molar-refractivity contribution in [2.75, 3.05) is 36.5 Å². The molecule has 0 saturated carbocycles. The molecule has 4 rings (SSSR count). The molecule has 0 spiro atoms. The molecule has 30 heavy (non-hydrogen) atoms. The van der Waals surface area contributed by atoms with Gasteiger partial charge in [0.05, 0.1) is 24.2 Å². The average molecular weight is 475 g/mol. The molecule has 0 radical (unpaired) electrons. The number of anilines is 2. The van der Waals surface area contributed by atoms with Gasteiger partial charge in [-0.3, -0.25) is 9.59 Å². The number of amides is 2. The fraction of sp³-hybridized carbons (Fsp3) is 0.381. The summed E-state index contributed by atoms with van der Waals surface area (Å²) in [6, 6.07) is 7.31.